The van der Waals surface area contributed by atoms with Crippen LogP contribution in [0.15, 0.2) is 24.3 Å². The minimum atomic E-state index is -0.645. The number of unbranched alkanes of at least 4 members (excludes halogenated alkanes) is 2. The summed E-state index contributed by atoms with van der Waals surface area (Å²) in [5.41, 5.74) is 1.74. The fraction of sp³-hybridized carbons (Fsp3) is 0.667. The predicted molar refractivity (Wildman–Crippen MR) is 132 cm³/mol. The summed E-state index contributed by atoms with van der Waals surface area (Å²) in [6, 6.07) is 8.03. The van der Waals surface area contributed by atoms with Crippen LogP contribution >= 0.6 is 0 Å². The minimum absolute atomic E-state index is 0.468. The van der Waals surface area contributed by atoms with Crippen molar-refractivity contribution in [2.24, 2.45) is 17.8 Å². The van der Waals surface area contributed by atoms with Crippen molar-refractivity contribution in [1.82, 2.24) is 0 Å². The van der Waals surface area contributed by atoms with Crippen molar-refractivity contribution in [2.45, 2.75) is 110 Å². The summed E-state index contributed by atoms with van der Waals surface area (Å²) in [6.07, 6.45) is 17.2. The zero-order valence-electron chi connectivity index (χ0n) is 20.3. The second kappa shape index (κ2) is 11.1. The van der Waals surface area contributed by atoms with Crippen LogP contribution in [-0.2, 0) is 6.42 Å². The number of hydrogen-bond acceptors (Lipinski definition) is 0. The Morgan fingerprint density at radius 3 is 2.09 bits per heavy atom. The van der Waals surface area contributed by atoms with Crippen LogP contribution in [0.4, 0.5) is 8.78 Å². The van der Waals surface area contributed by atoms with Crippen molar-refractivity contribution in [3.63, 3.8) is 0 Å². The van der Waals surface area contributed by atoms with Gasteiger partial charge < -0.3 is 0 Å². The predicted octanol–water partition coefficient (Wildman–Crippen LogP) is 9.73. The van der Waals surface area contributed by atoms with Crippen LogP contribution in [0.5, 0.6) is 0 Å². The molecule has 2 aliphatic carbocycles. The standard InChI is InChI=1S/C30H42F2/c1-3-5-6-8-27-19-26-18-17-25(20-28(26)30(32)29(27)31)24-15-13-23(14-16-24)22-11-9-21(7-4-2)10-12-22/h17-24H,3-16H2,1-2H3. The van der Waals surface area contributed by atoms with Crippen molar-refractivity contribution in [3.05, 3.63) is 47.0 Å². The molecule has 0 heterocycles. The fourth-order valence-electron chi connectivity index (χ4n) is 6.68. The molecular formula is C30H42F2. The lowest BCUT2D eigenvalue weighted by Gasteiger charge is -2.38. The molecule has 0 spiro atoms. The Morgan fingerprint density at radius 2 is 1.44 bits per heavy atom. The Kier molecular flexibility index (Phi) is 8.24. The van der Waals surface area contributed by atoms with Gasteiger partial charge in [-0.3, -0.25) is 0 Å². The number of halogens is 2. The number of aryl methyl sites for hydroxylation is 1. The molecule has 2 aromatic carbocycles. The van der Waals surface area contributed by atoms with Crippen molar-refractivity contribution >= 4 is 10.8 Å². The van der Waals surface area contributed by atoms with Crippen molar-refractivity contribution < 1.29 is 8.78 Å². The van der Waals surface area contributed by atoms with Gasteiger partial charge in [-0.05, 0) is 104 Å². The Bertz CT molecular complexity index is 870. The number of rotatable bonds is 8. The van der Waals surface area contributed by atoms with E-state index in [9.17, 15) is 8.78 Å². The van der Waals surface area contributed by atoms with E-state index in [1.807, 2.05) is 18.2 Å². The Hall–Kier alpha value is -1.44. The topological polar surface area (TPSA) is 0 Å². The van der Waals surface area contributed by atoms with E-state index in [0.29, 0.717) is 23.3 Å². The van der Waals surface area contributed by atoms with E-state index in [-0.39, 0.29) is 0 Å². The third-order valence-corrected chi connectivity index (χ3v) is 8.67. The summed E-state index contributed by atoms with van der Waals surface area (Å²) in [5, 5.41) is 1.31. The van der Waals surface area contributed by atoms with Gasteiger partial charge >= 0.3 is 0 Å². The van der Waals surface area contributed by atoms with Gasteiger partial charge in [-0.25, -0.2) is 8.78 Å². The first-order valence-corrected chi connectivity index (χ1v) is 13.5. The van der Waals surface area contributed by atoms with Crippen molar-refractivity contribution in [1.29, 1.82) is 0 Å². The van der Waals surface area contributed by atoms with Gasteiger partial charge in [0.1, 0.15) is 0 Å². The maximum Gasteiger partial charge on any atom is 0.166 e. The SMILES string of the molecule is CCCCCc1cc2ccc(C3CCC(C4CCC(CCC)CC4)CC3)cc2c(F)c1F. The smallest absolute Gasteiger partial charge is 0.166 e. The van der Waals surface area contributed by atoms with Crippen LogP contribution in [0.2, 0.25) is 0 Å². The Labute approximate surface area is 194 Å². The lowest BCUT2D eigenvalue weighted by Crippen LogP contribution is -2.25. The molecule has 2 heteroatoms. The summed E-state index contributed by atoms with van der Waals surface area (Å²) in [7, 11) is 0. The zero-order valence-corrected chi connectivity index (χ0v) is 20.3. The summed E-state index contributed by atoms with van der Waals surface area (Å²) in [4.78, 5) is 0. The number of hydrogen-bond donors (Lipinski definition) is 0. The normalized spacial score (nSPS) is 26.5. The molecule has 2 saturated carbocycles. The van der Waals surface area contributed by atoms with E-state index in [1.165, 1.54) is 69.8 Å². The van der Waals surface area contributed by atoms with Gasteiger partial charge in [0.25, 0.3) is 0 Å². The molecule has 0 amide bonds. The van der Waals surface area contributed by atoms with Crippen LogP contribution in [-0.4, -0.2) is 0 Å². The third-order valence-electron chi connectivity index (χ3n) is 8.67. The highest BCUT2D eigenvalue weighted by Crippen LogP contribution is 2.45. The lowest BCUT2D eigenvalue weighted by molar-refractivity contribution is 0.156. The summed E-state index contributed by atoms with van der Waals surface area (Å²) >= 11 is 0. The van der Waals surface area contributed by atoms with Crippen LogP contribution < -0.4 is 0 Å². The van der Waals surface area contributed by atoms with Crippen LogP contribution in [0.3, 0.4) is 0 Å². The average Bonchev–Trinajstić information content (AvgIpc) is 2.83. The quantitative estimate of drug-likeness (QED) is 0.358. The van der Waals surface area contributed by atoms with Crippen molar-refractivity contribution in [3.8, 4) is 0 Å². The van der Waals surface area contributed by atoms with E-state index in [4.69, 9.17) is 0 Å². The molecule has 0 nitrogen and oxygen atoms in total. The molecule has 32 heavy (non-hydrogen) atoms. The van der Waals surface area contributed by atoms with Crippen LogP contribution in [0, 0.1) is 29.4 Å². The van der Waals surface area contributed by atoms with E-state index in [0.717, 1.165) is 42.4 Å². The molecule has 2 fully saturated rings. The molecule has 2 aromatic rings. The van der Waals surface area contributed by atoms with E-state index in [2.05, 4.69) is 19.9 Å². The number of benzene rings is 2. The first kappa shape index (κ1) is 23.7. The van der Waals surface area contributed by atoms with Gasteiger partial charge in [-0.15, -0.1) is 0 Å². The summed E-state index contributed by atoms with van der Waals surface area (Å²) < 4.78 is 29.6. The van der Waals surface area contributed by atoms with Gasteiger partial charge in [0, 0.05) is 5.39 Å². The van der Waals surface area contributed by atoms with Crippen molar-refractivity contribution in [2.75, 3.05) is 0 Å². The molecule has 0 aromatic heterocycles. The molecule has 0 saturated heterocycles. The molecular weight excluding hydrogens is 398 g/mol. The molecule has 0 bridgehead atoms. The second-order valence-electron chi connectivity index (χ2n) is 10.8. The molecule has 0 radical (unpaired) electrons. The second-order valence-corrected chi connectivity index (χ2v) is 10.8. The molecule has 4 rings (SSSR count). The minimum Gasteiger partial charge on any atom is -0.203 e. The largest absolute Gasteiger partial charge is 0.203 e. The van der Waals surface area contributed by atoms with E-state index < -0.39 is 11.6 Å². The third kappa shape index (κ3) is 5.37. The molecule has 0 aliphatic heterocycles. The lowest BCUT2D eigenvalue weighted by atomic mass is 9.68. The Morgan fingerprint density at radius 1 is 0.750 bits per heavy atom. The van der Waals surface area contributed by atoms with Gasteiger partial charge in [-0.2, -0.15) is 0 Å². The molecule has 0 atom stereocenters. The Balaban J connectivity index is 1.39. The van der Waals surface area contributed by atoms with Gasteiger partial charge in [0.05, 0.1) is 0 Å². The molecule has 2 aliphatic rings. The molecule has 0 unspecified atom stereocenters. The maximum absolute atomic E-state index is 14.9. The highest BCUT2D eigenvalue weighted by atomic mass is 19.2. The average molecular weight is 441 g/mol. The summed E-state index contributed by atoms with van der Waals surface area (Å²) in [5.74, 6) is 2.01. The first-order valence-electron chi connectivity index (χ1n) is 13.5. The van der Waals surface area contributed by atoms with Gasteiger partial charge in [-0.1, -0.05) is 64.5 Å². The van der Waals surface area contributed by atoms with Gasteiger partial charge in [0.2, 0.25) is 0 Å². The maximum atomic E-state index is 14.9. The first-order chi connectivity index (χ1) is 15.6. The fourth-order valence-corrected chi connectivity index (χ4v) is 6.68. The monoisotopic (exact) mass is 440 g/mol. The molecule has 0 N–H and O–H groups in total. The zero-order chi connectivity index (χ0) is 22.5. The number of fused-ring (bicyclic) bond motifs is 1. The van der Waals surface area contributed by atoms with E-state index in [1.54, 1.807) is 0 Å². The van der Waals surface area contributed by atoms with Gasteiger partial charge in [0.15, 0.2) is 11.6 Å². The van der Waals surface area contributed by atoms with E-state index >= 15 is 0 Å². The highest BCUT2D eigenvalue weighted by Gasteiger charge is 2.31. The van der Waals surface area contributed by atoms with Crippen LogP contribution in [0.25, 0.3) is 10.8 Å². The highest BCUT2D eigenvalue weighted by molar-refractivity contribution is 5.85. The van der Waals surface area contributed by atoms with Crippen LogP contribution in [0.1, 0.15) is 114 Å². The molecule has 176 valence electrons. The summed E-state index contributed by atoms with van der Waals surface area (Å²) in [6.45, 7) is 4.44.